The molecular formula is C12H18O. The molecule has 0 atom stereocenters. The Morgan fingerprint density at radius 1 is 1.23 bits per heavy atom. The number of phenolic OH excluding ortho intramolecular Hbond substituents is 1. The molecule has 0 amide bonds. The summed E-state index contributed by atoms with van der Waals surface area (Å²) in [5.74, 6) is 0.423. The topological polar surface area (TPSA) is 20.2 Å². The van der Waals surface area contributed by atoms with E-state index in [0.29, 0.717) is 5.75 Å². The molecule has 0 aliphatic carbocycles. The third-order valence-electron chi connectivity index (χ3n) is 2.26. The first-order valence-electron chi connectivity index (χ1n) is 4.78. The highest BCUT2D eigenvalue weighted by Gasteiger charge is 2.20. The van der Waals surface area contributed by atoms with Gasteiger partial charge in [0.25, 0.3) is 0 Å². The van der Waals surface area contributed by atoms with Gasteiger partial charge in [0.2, 0.25) is 0 Å². The van der Waals surface area contributed by atoms with Crippen LogP contribution in [0.3, 0.4) is 0 Å². The Labute approximate surface area is 80.4 Å². The van der Waals surface area contributed by atoms with Crippen LogP contribution in [0.1, 0.15) is 38.8 Å². The van der Waals surface area contributed by atoms with Crippen molar-refractivity contribution < 1.29 is 5.11 Å². The van der Waals surface area contributed by atoms with Gasteiger partial charge in [-0.05, 0) is 23.5 Å². The molecule has 0 unspecified atom stereocenters. The molecule has 0 heterocycles. The lowest BCUT2D eigenvalue weighted by Gasteiger charge is -2.23. The molecule has 13 heavy (non-hydrogen) atoms. The second-order valence-corrected chi connectivity index (χ2v) is 4.41. The van der Waals surface area contributed by atoms with Gasteiger partial charge in [0.15, 0.2) is 0 Å². The fourth-order valence-corrected chi connectivity index (χ4v) is 1.75. The monoisotopic (exact) mass is 178 g/mol. The first-order chi connectivity index (χ1) is 5.96. The summed E-state index contributed by atoms with van der Waals surface area (Å²) < 4.78 is 0. The van der Waals surface area contributed by atoms with Gasteiger partial charge in [0.1, 0.15) is 5.75 Å². The molecule has 1 aromatic rings. The van der Waals surface area contributed by atoms with Crippen LogP contribution in [0.5, 0.6) is 5.75 Å². The van der Waals surface area contributed by atoms with E-state index >= 15 is 0 Å². The van der Waals surface area contributed by atoms with Gasteiger partial charge in [-0.2, -0.15) is 0 Å². The molecule has 0 saturated carbocycles. The van der Waals surface area contributed by atoms with Gasteiger partial charge in [0, 0.05) is 5.56 Å². The molecule has 0 radical (unpaired) electrons. The van der Waals surface area contributed by atoms with E-state index in [0.717, 1.165) is 12.0 Å². The number of phenols is 1. The van der Waals surface area contributed by atoms with Crippen molar-refractivity contribution in [3.05, 3.63) is 29.3 Å². The maximum absolute atomic E-state index is 9.76. The molecule has 1 N–H and O–H groups in total. The number of rotatable bonds is 1. The van der Waals surface area contributed by atoms with Crippen molar-refractivity contribution in [2.24, 2.45) is 0 Å². The molecule has 1 nitrogen and oxygen atoms in total. The van der Waals surface area contributed by atoms with E-state index in [-0.39, 0.29) is 5.41 Å². The van der Waals surface area contributed by atoms with E-state index in [4.69, 9.17) is 0 Å². The van der Waals surface area contributed by atoms with Crippen LogP contribution >= 0.6 is 0 Å². The van der Waals surface area contributed by atoms with Crippen molar-refractivity contribution in [2.75, 3.05) is 0 Å². The number of hydrogen-bond donors (Lipinski definition) is 1. The van der Waals surface area contributed by atoms with Crippen LogP contribution in [0.15, 0.2) is 18.2 Å². The first-order valence-corrected chi connectivity index (χ1v) is 4.78. The fourth-order valence-electron chi connectivity index (χ4n) is 1.75. The second kappa shape index (κ2) is 3.41. The van der Waals surface area contributed by atoms with Crippen LogP contribution in [-0.4, -0.2) is 5.11 Å². The largest absolute Gasteiger partial charge is 0.508 e. The Morgan fingerprint density at radius 3 is 2.23 bits per heavy atom. The average molecular weight is 178 g/mol. The zero-order valence-corrected chi connectivity index (χ0v) is 8.89. The van der Waals surface area contributed by atoms with Gasteiger partial charge < -0.3 is 5.11 Å². The Balaban J connectivity index is 3.32. The van der Waals surface area contributed by atoms with E-state index in [1.54, 1.807) is 6.07 Å². The molecule has 0 bridgehead atoms. The van der Waals surface area contributed by atoms with E-state index in [1.807, 2.05) is 6.07 Å². The van der Waals surface area contributed by atoms with Gasteiger partial charge in [-0.3, -0.25) is 0 Å². The highest BCUT2D eigenvalue weighted by atomic mass is 16.3. The molecule has 0 aromatic heterocycles. The van der Waals surface area contributed by atoms with Crippen LogP contribution < -0.4 is 0 Å². The lowest BCUT2D eigenvalue weighted by Crippen LogP contribution is -2.14. The van der Waals surface area contributed by atoms with Gasteiger partial charge in [-0.1, -0.05) is 39.8 Å². The molecule has 0 fully saturated rings. The van der Waals surface area contributed by atoms with Gasteiger partial charge in [-0.15, -0.1) is 0 Å². The standard InChI is InChI=1S/C12H18O/c1-5-9-7-6-8-10(13)11(9)12(2,3)4/h6-8,13H,5H2,1-4H3. The Kier molecular flexibility index (Phi) is 2.65. The molecule has 0 spiro atoms. The summed E-state index contributed by atoms with van der Waals surface area (Å²) in [7, 11) is 0. The third-order valence-corrected chi connectivity index (χ3v) is 2.26. The summed E-state index contributed by atoms with van der Waals surface area (Å²) in [5.41, 5.74) is 2.35. The summed E-state index contributed by atoms with van der Waals surface area (Å²) in [6, 6.07) is 5.75. The van der Waals surface area contributed by atoms with Crippen molar-refractivity contribution in [1.82, 2.24) is 0 Å². The predicted octanol–water partition coefficient (Wildman–Crippen LogP) is 3.25. The second-order valence-electron chi connectivity index (χ2n) is 4.41. The quantitative estimate of drug-likeness (QED) is 0.700. The average Bonchev–Trinajstić information content (AvgIpc) is 2.01. The minimum atomic E-state index is 0.0245. The van der Waals surface area contributed by atoms with Gasteiger partial charge in [-0.25, -0.2) is 0 Å². The Hall–Kier alpha value is -0.980. The van der Waals surface area contributed by atoms with Gasteiger partial charge >= 0.3 is 0 Å². The molecule has 0 aliphatic heterocycles. The van der Waals surface area contributed by atoms with Crippen LogP contribution in [0.25, 0.3) is 0 Å². The molecule has 0 aliphatic rings. The minimum absolute atomic E-state index is 0.0245. The number of benzene rings is 1. The SMILES string of the molecule is CCc1cccc(O)c1C(C)(C)C. The zero-order valence-electron chi connectivity index (χ0n) is 8.89. The van der Waals surface area contributed by atoms with Crippen LogP contribution in [0.2, 0.25) is 0 Å². The molecule has 1 rings (SSSR count). The Bertz CT molecular complexity index is 294. The maximum atomic E-state index is 9.76. The van der Waals surface area contributed by atoms with Crippen molar-refractivity contribution in [2.45, 2.75) is 39.5 Å². The van der Waals surface area contributed by atoms with E-state index in [2.05, 4.69) is 33.8 Å². The van der Waals surface area contributed by atoms with E-state index < -0.39 is 0 Å². The van der Waals surface area contributed by atoms with Gasteiger partial charge in [0.05, 0.1) is 0 Å². The first kappa shape index (κ1) is 10.1. The smallest absolute Gasteiger partial charge is 0.119 e. The van der Waals surface area contributed by atoms with Crippen LogP contribution in [0.4, 0.5) is 0 Å². The Morgan fingerprint density at radius 2 is 1.85 bits per heavy atom. The van der Waals surface area contributed by atoms with Crippen molar-refractivity contribution >= 4 is 0 Å². The summed E-state index contributed by atoms with van der Waals surface area (Å²) in [4.78, 5) is 0. The predicted molar refractivity (Wildman–Crippen MR) is 56.2 cm³/mol. The van der Waals surface area contributed by atoms with E-state index in [9.17, 15) is 5.11 Å². The summed E-state index contributed by atoms with van der Waals surface area (Å²) in [6.45, 7) is 8.49. The molecule has 1 heteroatoms. The van der Waals surface area contributed by atoms with Crippen molar-refractivity contribution in [1.29, 1.82) is 0 Å². The van der Waals surface area contributed by atoms with Crippen LogP contribution in [0, 0.1) is 0 Å². The lowest BCUT2D eigenvalue weighted by molar-refractivity contribution is 0.444. The maximum Gasteiger partial charge on any atom is 0.119 e. The van der Waals surface area contributed by atoms with Crippen molar-refractivity contribution in [3.8, 4) is 5.75 Å². The number of aryl methyl sites for hydroxylation is 1. The highest BCUT2D eigenvalue weighted by Crippen LogP contribution is 2.33. The summed E-state index contributed by atoms with van der Waals surface area (Å²) in [6.07, 6.45) is 0.973. The normalized spacial score (nSPS) is 11.7. The molecule has 0 saturated heterocycles. The number of hydrogen-bond acceptors (Lipinski definition) is 1. The molecule has 1 aromatic carbocycles. The summed E-state index contributed by atoms with van der Waals surface area (Å²) >= 11 is 0. The van der Waals surface area contributed by atoms with Crippen LogP contribution in [-0.2, 0) is 11.8 Å². The third kappa shape index (κ3) is 2.03. The lowest BCUT2D eigenvalue weighted by atomic mass is 9.82. The van der Waals surface area contributed by atoms with Crippen molar-refractivity contribution in [3.63, 3.8) is 0 Å². The van der Waals surface area contributed by atoms with E-state index in [1.165, 1.54) is 5.56 Å². The zero-order chi connectivity index (χ0) is 10.1. The molecule has 72 valence electrons. The highest BCUT2D eigenvalue weighted by molar-refractivity contribution is 5.43. The summed E-state index contributed by atoms with van der Waals surface area (Å²) in [5, 5.41) is 9.76. The fraction of sp³-hybridized carbons (Fsp3) is 0.500. The molecular weight excluding hydrogens is 160 g/mol. The number of aromatic hydroxyl groups is 1. The minimum Gasteiger partial charge on any atom is -0.508 e.